The van der Waals surface area contributed by atoms with Gasteiger partial charge >= 0.3 is 0 Å². The summed E-state index contributed by atoms with van der Waals surface area (Å²) in [7, 11) is 0. The van der Waals surface area contributed by atoms with Crippen molar-refractivity contribution in [2.45, 2.75) is 0 Å². The summed E-state index contributed by atoms with van der Waals surface area (Å²) >= 11 is 0. The molecule has 0 N–H and O–H groups in total. The van der Waals surface area contributed by atoms with E-state index in [1.165, 1.54) is 12.1 Å². The predicted octanol–water partition coefficient (Wildman–Crippen LogP) is 1.92. The van der Waals surface area contributed by atoms with Crippen molar-refractivity contribution in [2.24, 2.45) is 0 Å². The predicted molar refractivity (Wildman–Crippen MR) is 37.5 cm³/mol. The number of benzene rings is 1. The van der Waals surface area contributed by atoms with Crippen LogP contribution in [0, 0.1) is 22.9 Å². The third-order valence-electron chi connectivity index (χ3n) is 1.25. The van der Waals surface area contributed by atoms with E-state index >= 15 is 0 Å². The Kier molecular flexibility index (Phi) is 1.85. The second-order valence-electron chi connectivity index (χ2n) is 2.03. The second kappa shape index (κ2) is 2.65. The van der Waals surface area contributed by atoms with E-state index in [-0.39, 0.29) is 11.3 Å². The quantitative estimate of drug-likeness (QED) is 0.458. The van der Waals surface area contributed by atoms with Crippen molar-refractivity contribution in [3.63, 3.8) is 0 Å². The zero-order valence-electron chi connectivity index (χ0n) is 5.58. The summed E-state index contributed by atoms with van der Waals surface area (Å²) in [6, 6.07) is 3.33. The van der Waals surface area contributed by atoms with Gasteiger partial charge in [0.05, 0.1) is 11.0 Å². The smallest absolute Gasteiger partial charge is 0.258 e. The standard InChI is InChI=1S/C7H5FNO2/c1-5-2-3-6(9(10)11)4-7(5)8/h2-4H,1H2. The molecule has 0 aromatic heterocycles. The number of nitro groups is 1. The fraction of sp³-hybridized carbons (Fsp3) is 0. The molecule has 11 heavy (non-hydrogen) atoms. The van der Waals surface area contributed by atoms with E-state index in [0.717, 1.165) is 6.07 Å². The molecule has 0 amide bonds. The fourth-order valence-corrected chi connectivity index (χ4v) is 0.650. The number of nitrogens with zero attached hydrogens (tertiary/aromatic N) is 1. The van der Waals surface area contributed by atoms with E-state index in [2.05, 4.69) is 6.92 Å². The van der Waals surface area contributed by atoms with Crippen molar-refractivity contribution in [1.82, 2.24) is 0 Å². The van der Waals surface area contributed by atoms with Gasteiger partial charge in [0.2, 0.25) is 0 Å². The molecule has 0 bridgehead atoms. The molecule has 0 unspecified atom stereocenters. The van der Waals surface area contributed by atoms with Crippen molar-refractivity contribution in [3.8, 4) is 0 Å². The van der Waals surface area contributed by atoms with Crippen molar-refractivity contribution in [1.29, 1.82) is 0 Å². The molecule has 1 aromatic rings. The Bertz CT molecular complexity index is 298. The summed E-state index contributed by atoms with van der Waals surface area (Å²) in [5.74, 6) is -0.654. The highest BCUT2D eigenvalue weighted by Crippen LogP contribution is 2.14. The monoisotopic (exact) mass is 154 g/mol. The molecule has 0 aliphatic heterocycles. The maximum absolute atomic E-state index is 12.6. The van der Waals surface area contributed by atoms with Crippen LogP contribution in [0.4, 0.5) is 10.1 Å². The Morgan fingerprint density at radius 2 is 2.18 bits per heavy atom. The topological polar surface area (TPSA) is 43.1 Å². The molecular weight excluding hydrogens is 149 g/mol. The highest BCUT2D eigenvalue weighted by Gasteiger charge is 2.07. The SMILES string of the molecule is [CH2]c1ccc([N+](=O)[O-])cc1F. The minimum atomic E-state index is -0.654. The maximum atomic E-state index is 12.6. The van der Waals surface area contributed by atoms with Crippen LogP contribution in [0.25, 0.3) is 0 Å². The lowest BCUT2D eigenvalue weighted by Gasteiger charge is -1.93. The zero-order valence-corrected chi connectivity index (χ0v) is 5.58. The van der Waals surface area contributed by atoms with Crippen LogP contribution >= 0.6 is 0 Å². The van der Waals surface area contributed by atoms with Gasteiger partial charge in [-0.25, -0.2) is 4.39 Å². The van der Waals surface area contributed by atoms with E-state index in [0.29, 0.717) is 0 Å². The number of non-ortho nitro benzene ring substituents is 1. The molecule has 1 rings (SSSR count). The lowest BCUT2D eigenvalue weighted by molar-refractivity contribution is -0.385. The number of hydrogen-bond acceptors (Lipinski definition) is 2. The van der Waals surface area contributed by atoms with Crippen molar-refractivity contribution in [2.75, 3.05) is 0 Å². The third-order valence-corrected chi connectivity index (χ3v) is 1.25. The Balaban J connectivity index is 3.15. The minimum Gasteiger partial charge on any atom is -0.258 e. The average molecular weight is 154 g/mol. The second-order valence-corrected chi connectivity index (χ2v) is 2.03. The Hall–Kier alpha value is -1.45. The molecular formula is C7H5FNO2. The Morgan fingerprint density at radius 1 is 1.55 bits per heavy atom. The molecule has 4 heteroatoms. The van der Waals surface area contributed by atoms with Crippen molar-refractivity contribution < 1.29 is 9.31 Å². The summed E-state index contributed by atoms with van der Waals surface area (Å²) in [6.07, 6.45) is 0. The molecule has 0 spiro atoms. The first-order valence-corrected chi connectivity index (χ1v) is 2.87. The van der Waals surface area contributed by atoms with Crippen LogP contribution in [0.15, 0.2) is 18.2 Å². The molecule has 3 nitrogen and oxygen atoms in total. The largest absolute Gasteiger partial charge is 0.272 e. The van der Waals surface area contributed by atoms with Gasteiger partial charge in [-0.1, -0.05) is 0 Å². The minimum absolute atomic E-state index is 0.163. The van der Waals surface area contributed by atoms with Gasteiger partial charge in [-0.3, -0.25) is 10.1 Å². The fourth-order valence-electron chi connectivity index (χ4n) is 0.650. The average Bonchev–Trinajstić information content (AvgIpc) is 1.94. The van der Waals surface area contributed by atoms with E-state index < -0.39 is 10.7 Å². The van der Waals surface area contributed by atoms with Gasteiger partial charge in [0, 0.05) is 6.07 Å². The van der Waals surface area contributed by atoms with Gasteiger partial charge in [0.15, 0.2) is 0 Å². The van der Waals surface area contributed by atoms with Crippen LogP contribution in [-0.2, 0) is 0 Å². The van der Waals surface area contributed by atoms with Crippen molar-refractivity contribution in [3.05, 3.63) is 46.6 Å². The Labute approximate surface area is 62.6 Å². The number of nitro benzene ring substituents is 1. The highest BCUT2D eigenvalue weighted by atomic mass is 19.1. The first-order chi connectivity index (χ1) is 5.11. The number of halogens is 1. The molecule has 0 aliphatic carbocycles. The van der Waals surface area contributed by atoms with Gasteiger partial charge in [-0.05, 0) is 18.6 Å². The number of hydrogen-bond donors (Lipinski definition) is 0. The highest BCUT2D eigenvalue weighted by molar-refractivity contribution is 5.35. The van der Waals surface area contributed by atoms with Crippen LogP contribution in [0.5, 0.6) is 0 Å². The van der Waals surface area contributed by atoms with Gasteiger partial charge in [0.1, 0.15) is 5.82 Å². The van der Waals surface area contributed by atoms with Crippen LogP contribution in [0.3, 0.4) is 0 Å². The summed E-state index contributed by atoms with van der Waals surface area (Å²) in [5.41, 5.74) is -0.0921. The van der Waals surface area contributed by atoms with E-state index in [1.54, 1.807) is 0 Å². The first kappa shape index (κ1) is 7.65. The van der Waals surface area contributed by atoms with E-state index in [9.17, 15) is 14.5 Å². The summed E-state index contributed by atoms with van der Waals surface area (Å²) in [4.78, 5) is 9.43. The molecule has 0 aliphatic rings. The summed E-state index contributed by atoms with van der Waals surface area (Å²) in [5, 5.41) is 10.1. The molecule has 1 aromatic carbocycles. The lowest BCUT2D eigenvalue weighted by atomic mass is 10.2. The molecule has 0 saturated carbocycles. The third kappa shape index (κ3) is 1.52. The lowest BCUT2D eigenvalue weighted by Crippen LogP contribution is -1.89. The normalized spacial score (nSPS) is 9.64. The van der Waals surface area contributed by atoms with Crippen LogP contribution < -0.4 is 0 Å². The van der Waals surface area contributed by atoms with Crippen molar-refractivity contribution >= 4 is 5.69 Å². The van der Waals surface area contributed by atoms with Crippen LogP contribution in [0.2, 0.25) is 0 Å². The van der Waals surface area contributed by atoms with Crippen LogP contribution in [-0.4, -0.2) is 4.92 Å². The maximum Gasteiger partial charge on any atom is 0.272 e. The molecule has 1 radical (unpaired) electrons. The molecule has 0 saturated heterocycles. The zero-order chi connectivity index (χ0) is 8.43. The molecule has 0 fully saturated rings. The van der Waals surface area contributed by atoms with Gasteiger partial charge in [-0.15, -0.1) is 0 Å². The van der Waals surface area contributed by atoms with Crippen LogP contribution in [0.1, 0.15) is 5.56 Å². The number of rotatable bonds is 1. The summed E-state index contributed by atoms with van der Waals surface area (Å²) < 4.78 is 12.6. The van der Waals surface area contributed by atoms with Gasteiger partial charge in [0.25, 0.3) is 5.69 Å². The summed E-state index contributed by atoms with van der Waals surface area (Å²) in [6.45, 7) is 3.32. The van der Waals surface area contributed by atoms with E-state index in [4.69, 9.17) is 0 Å². The molecule has 0 atom stereocenters. The first-order valence-electron chi connectivity index (χ1n) is 2.87. The van der Waals surface area contributed by atoms with Gasteiger partial charge < -0.3 is 0 Å². The van der Waals surface area contributed by atoms with Gasteiger partial charge in [-0.2, -0.15) is 0 Å². The molecule has 0 heterocycles. The molecule has 57 valence electrons. The Morgan fingerprint density at radius 3 is 2.64 bits per heavy atom. The van der Waals surface area contributed by atoms with E-state index in [1.807, 2.05) is 0 Å².